The van der Waals surface area contributed by atoms with Crippen molar-refractivity contribution in [2.24, 2.45) is 5.73 Å². The standard InChI is InChI=1S/C14H22N2/c1-11(2)16-10-8-13-12(6-4-9-15)5-3-7-14(13)16/h3,5,7,11H,4,6,8-10,15H2,1-2H3. The molecule has 2 N–H and O–H groups in total. The number of nitrogens with zero attached hydrogens (tertiary/aromatic N) is 1. The predicted molar refractivity (Wildman–Crippen MR) is 70.0 cm³/mol. The highest BCUT2D eigenvalue weighted by atomic mass is 15.2. The maximum absolute atomic E-state index is 5.59. The van der Waals surface area contributed by atoms with Gasteiger partial charge in [-0.25, -0.2) is 0 Å². The van der Waals surface area contributed by atoms with E-state index in [0.717, 1.165) is 19.4 Å². The topological polar surface area (TPSA) is 29.3 Å². The molecule has 0 radical (unpaired) electrons. The fraction of sp³-hybridized carbons (Fsp3) is 0.571. The molecule has 0 unspecified atom stereocenters. The Morgan fingerprint density at radius 3 is 2.88 bits per heavy atom. The van der Waals surface area contributed by atoms with Crippen LogP contribution in [0, 0.1) is 0 Å². The van der Waals surface area contributed by atoms with Gasteiger partial charge in [-0.15, -0.1) is 0 Å². The molecular weight excluding hydrogens is 196 g/mol. The molecule has 1 aliphatic heterocycles. The van der Waals surface area contributed by atoms with Crippen molar-refractivity contribution in [2.45, 2.75) is 39.2 Å². The molecule has 0 aromatic heterocycles. The van der Waals surface area contributed by atoms with E-state index in [2.05, 4.69) is 36.9 Å². The average molecular weight is 218 g/mol. The van der Waals surface area contributed by atoms with Crippen LogP contribution in [0.1, 0.15) is 31.4 Å². The van der Waals surface area contributed by atoms with Gasteiger partial charge in [-0.3, -0.25) is 0 Å². The highest BCUT2D eigenvalue weighted by molar-refractivity contribution is 5.61. The Morgan fingerprint density at radius 1 is 1.38 bits per heavy atom. The van der Waals surface area contributed by atoms with Crippen molar-refractivity contribution in [3.05, 3.63) is 29.3 Å². The lowest BCUT2D eigenvalue weighted by atomic mass is 10.0. The van der Waals surface area contributed by atoms with E-state index in [1.807, 2.05) is 0 Å². The van der Waals surface area contributed by atoms with Crippen molar-refractivity contribution in [3.63, 3.8) is 0 Å². The lowest BCUT2D eigenvalue weighted by molar-refractivity contribution is 0.710. The van der Waals surface area contributed by atoms with Gasteiger partial charge in [-0.2, -0.15) is 0 Å². The van der Waals surface area contributed by atoms with Crippen LogP contribution in [-0.4, -0.2) is 19.1 Å². The lowest BCUT2D eigenvalue weighted by Crippen LogP contribution is -2.28. The zero-order valence-corrected chi connectivity index (χ0v) is 10.4. The first kappa shape index (κ1) is 11.5. The van der Waals surface area contributed by atoms with Crippen LogP contribution in [0.4, 0.5) is 5.69 Å². The minimum absolute atomic E-state index is 0.603. The third kappa shape index (κ3) is 2.07. The maximum Gasteiger partial charge on any atom is 0.0404 e. The highest BCUT2D eigenvalue weighted by Gasteiger charge is 2.22. The van der Waals surface area contributed by atoms with Gasteiger partial charge < -0.3 is 10.6 Å². The fourth-order valence-electron chi connectivity index (χ4n) is 2.59. The maximum atomic E-state index is 5.59. The number of anilines is 1. The molecule has 1 aromatic carbocycles. The van der Waals surface area contributed by atoms with E-state index in [1.165, 1.54) is 24.2 Å². The van der Waals surface area contributed by atoms with E-state index in [0.29, 0.717) is 6.04 Å². The molecule has 1 aliphatic rings. The van der Waals surface area contributed by atoms with E-state index in [1.54, 1.807) is 5.56 Å². The van der Waals surface area contributed by atoms with Gasteiger partial charge in [0.25, 0.3) is 0 Å². The van der Waals surface area contributed by atoms with E-state index in [-0.39, 0.29) is 0 Å². The van der Waals surface area contributed by atoms with Gasteiger partial charge in [0.15, 0.2) is 0 Å². The first-order valence-electron chi connectivity index (χ1n) is 6.31. The third-order valence-corrected chi connectivity index (χ3v) is 3.43. The van der Waals surface area contributed by atoms with Crippen LogP contribution in [0.3, 0.4) is 0 Å². The number of aryl methyl sites for hydroxylation is 1. The van der Waals surface area contributed by atoms with Crippen molar-refractivity contribution < 1.29 is 0 Å². The average Bonchev–Trinajstić information content (AvgIpc) is 2.70. The fourth-order valence-corrected chi connectivity index (χ4v) is 2.59. The summed E-state index contributed by atoms with van der Waals surface area (Å²) in [6.07, 6.45) is 3.43. The Labute approximate surface area is 98.4 Å². The number of benzene rings is 1. The van der Waals surface area contributed by atoms with E-state index < -0.39 is 0 Å². The zero-order chi connectivity index (χ0) is 11.5. The number of fused-ring (bicyclic) bond motifs is 1. The summed E-state index contributed by atoms with van der Waals surface area (Å²) in [5.74, 6) is 0. The summed E-state index contributed by atoms with van der Waals surface area (Å²) in [7, 11) is 0. The first-order valence-corrected chi connectivity index (χ1v) is 6.31. The Kier molecular flexibility index (Phi) is 3.49. The Morgan fingerprint density at radius 2 is 2.19 bits per heavy atom. The van der Waals surface area contributed by atoms with Gasteiger partial charge in [-0.1, -0.05) is 12.1 Å². The molecule has 0 saturated carbocycles. The van der Waals surface area contributed by atoms with Crippen molar-refractivity contribution in [1.82, 2.24) is 0 Å². The molecule has 0 aliphatic carbocycles. The molecule has 0 fully saturated rings. The molecule has 2 nitrogen and oxygen atoms in total. The van der Waals surface area contributed by atoms with Crippen molar-refractivity contribution in [3.8, 4) is 0 Å². The second kappa shape index (κ2) is 4.88. The van der Waals surface area contributed by atoms with E-state index in [4.69, 9.17) is 5.73 Å². The molecule has 0 spiro atoms. The smallest absolute Gasteiger partial charge is 0.0404 e. The van der Waals surface area contributed by atoms with Gasteiger partial charge in [0, 0.05) is 18.3 Å². The number of hydrogen-bond donors (Lipinski definition) is 1. The number of hydrogen-bond acceptors (Lipinski definition) is 2. The molecular formula is C14H22N2. The summed E-state index contributed by atoms with van der Waals surface area (Å²) in [5, 5.41) is 0. The van der Waals surface area contributed by atoms with E-state index >= 15 is 0 Å². The summed E-state index contributed by atoms with van der Waals surface area (Å²) < 4.78 is 0. The summed E-state index contributed by atoms with van der Waals surface area (Å²) >= 11 is 0. The quantitative estimate of drug-likeness (QED) is 0.840. The first-order chi connectivity index (χ1) is 7.74. The van der Waals surface area contributed by atoms with Gasteiger partial charge in [0.05, 0.1) is 0 Å². The number of nitrogens with two attached hydrogens (primary N) is 1. The second-order valence-electron chi connectivity index (χ2n) is 4.84. The Balaban J connectivity index is 2.25. The monoisotopic (exact) mass is 218 g/mol. The Hall–Kier alpha value is -1.02. The van der Waals surface area contributed by atoms with Gasteiger partial charge in [0.2, 0.25) is 0 Å². The molecule has 16 heavy (non-hydrogen) atoms. The lowest BCUT2D eigenvalue weighted by Gasteiger charge is -2.24. The molecule has 1 heterocycles. The largest absolute Gasteiger partial charge is 0.369 e. The Bertz CT molecular complexity index is 358. The summed E-state index contributed by atoms with van der Waals surface area (Å²) in [5.41, 5.74) is 10.1. The van der Waals surface area contributed by atoms with Crippen LogP contribution in [0.2, 0.25) is 0 Å². The minimum Gasteiger partial charge on any atom is -0.369 e. The summed E-state index contributed by atoms with van der Waals surface area (Å²) in [6.45, 7) is 6.49. The third-order valence-electron chi connectivity index (χ3n) is 3.43. The van der Waals surface area contributed by atoms with Crippen LogP contribution < -0.4 is 10.6 Å². The van der Waals surface area contributed by atoms with Crippen LogP contribution in [0.25, 0.3) is 0 Å². The molecule has 0 bridgehead atoms. The molecule has 2 rings (SSSR count). The zero-order valence-electron chi connectivity index (χ0n) is 10.4. The predicted octanol–water partition coefficient (Wildman–Crippen LogP) is 2.35. The van der Waals surface area contributed by atoms with Crippen LogP contribution in [0.15, 0.2) is 18.2 Å². The molecule has 0 amide bonds. The van der Waals surface area contributed by atoms with E-state index in [9.17, 15) is 0 Å². The van der Waals surface area contributed by atoms with Crippen molar-refractivity contribution in [1.29, 1.82) is 0 Å². The summed E-state index contributed by atoms with van der Waals surface area (Å²) in [4.78, 5) is 2.50. The highest BCUT2D eigenvalue weighted by Crippen LogP contribution is 2.32. The molecule has 0 atom stereocenters. The van der Waals surface area contributed by atoms with Gasteiger partial charge in [-0.05, 0) is 56.8 Å². The molecule has 88 valence electrons. The molecule has 1 aromatic rings. The second-order valence-corrected chi connectivity index (χ2v) is 4.84. The van der Waals surface area contributed by atoms with Crippen LogP contribution in [-0.2, 0) is 12.8 Å². The van der Waals surface area contributed by atoms with Crippen molar-refractivity contribution >= 4 is 5.69 Å². The summed E-state index contributed by atoms with van der Waals surface area (Å²) in [6, 6.07) is 7.31. The van der Waals surface area contributed by atoms with Crippen LogP contribution >= 0.6 is 0 Å². The SMILES string of the molecule is CC(C)N1CCc2c(CCCN)cccc21. The van der Waals surface area contributed by atoms with Crippen molar-refractivity contribution in [2.75, 3.05) is 18.0 Å². The van der Waals surface area contributed by atoms with Gasteiger partial charge >= 0.3 is 0 Å². The molecule has 0 saturated heterocycles. The van der Waals surface area contributed by atoms with Gasteiger partial charge in [0.1, 0.15) is 0 Å². The minimum atomic E-state index is 0.603. The van der Waals surface area contributed by atoms with Crippen LogP contribution in [0.5, 0.6) is 0 Å². The normalized spacial score (nSPS) is 14.6. The molecule has 2 heteroatoms. The number of rotatable bonds is 4.